The van der Waals surface area contributed by atoms with E-state index in [1.54, 1.807) is 25.1 Å². The van der Waals surface area contributed by atoms with Crippen LogP contribution >= 0.6 is 0 Å². The van der Waals surface area contributed by atoms with Gasteiger partial charge >= 0.3 is 6.03 Å². The molecule has 0 aliphatic carbocycles. The van der Waals surface area contributed by atoms with Gasteiger partial charge in [-0.1, -0.05) is 0 Å². The number of pyridine rings is 2. The van der Waals surface area contributed by atoms with E-state index in [2.05, 4.69) is 21.4 Å². The highest BCUT2D eigenvalue weighted by atomic mass is 16.5. The number of anilines is 2. The van der Waals surface area contributed by atoms with E-state index in [9.17, 15) is 19.6 Å². The van der Waals surface area contributed by atoms with E-state index >= 15 is 0 Å². The molecule has 0 unspecified atom stereocenters. The number of urea groups is 1. The van der Waals surface area contributed by atoms with Crippen LogP contribution in [-0.4, -0.2) is 85.8 Å². The minimum atomic E-state index is -0.450. The zero-order chi connectivity index (χ0) is 28.9. The number of aryl methyl sites for hydroxylation is 1. The van der Waals surface area contributed by atoms with Crippen molar-refractivity contribution in [3.8, 4) is 6.07 Å². The molecule has 0 aromatic carbocycles. The molecule has 5 heterocycles. The van der Waals surface area contributed by atoms with Gasteiger partial charge in [-0.2, -0.15) is 5.26 Å². The highest BCUT2D eigenvalue weighted by Gasteiger charge is 2.31. The number of nitrogens with zero attached hydrogens (tertiary/aromatic N) is 5. The molecule has 41 heavy (non-hydrogen) atoms. The van der Waals surface area contributed by atoms with Gasteiger partial charge in [-0.25, -0.2) is 14.8 Å². The van der Waals surface area contributed by atoms with Crippen molar-refractivity contribution in [3.63, 3.8) is 0 Å². The first kappa shape index (κ1) is 28.6. The molecule has 3 aliphatic rings. The molecule has 3 atom stereocenters. The lowest BCUT2D eigenvalue weighted by Gasteiger charge is -2.30. The molecule has 0 bridgehead atoms. The van der Waals surface area contributed by atoms with Crippen molar-refractivity contribution in [3.05, 3.63) is 46.3 Å². The molecular weight excluding hydrogens is 528 g/mol. The van der Waals surface area contributed by atoms with Crippen LogP contribution < -0.4 is 10.2 Å². The van der Waals surface area contributed by atoms with E-state index in [0.717, 1.165) is 17.5 Å². The Morgan fingerprint density at radius 2 is 2.15 bits per heavy atom. The molecule has 5 rings (SSSR count). The lowest BCUT2D eigenvalue weighted by atomic mass is 9.94. The smallest absolute Gasteiger partial charge is 0.328 e. The third-order valence-corrected chi connectivity index (χ3v) is 7.89. The number of nitrogens with one attached hydrogen (secondary N) is 1. The average molecular weight is 563 g/mol. The lowest BCUT2D eigenvalue weighted by Crippen LogP contribution is -2.40. The van der Waals surface area contributed by atoms with Crippen LogP contribution in [-0.2, 0) is 38.4 Å². The topological polar surface area (TPSA) is 147 Å². The first-order valence-corrected chi connectivity index (χ1v) is 13.8. The molecule has 0 radical (unpaired) electrons. The minimum Gasteiger partial charge on any atom is -0.379 e. The van der Waals surface area contributed by atoms with Crippen LogP contribution in [0.3, 0.4) is 0 Å². The maximum absolute atomic E-state index is 13.4. The van der Waals surface area contributed by atoms with Gasteiger partial charge < -0.3 is 19.1 Å². The summed E-state index contributed by atoms with van der Waals surface area (Å²) < 4.78 is 16.6. The number of aldehydes is 1. The summed E-state index contributed by atoms with van der Waals surface area (Å²) in [4.78, 5) is 50.0. The van der Waals surface area contributed by atoms with Crippen molar-refractivity contribution < 1.29 is 28.6 Å². The highest BCUT2D eigenvalue weighted by Crippen LogP contribution is 2.29. The molecule has 1 N–H and O–H groups in total. The molecule has 2 fully saturated rings. The molecule has 2 saturated heterocycles. The molecular formula is C29H34N6O6. The van der Waals surface area contributed by atoms with Crippen LogP contribution in [0.2, 0.25) is 0 Å². The number of carbonyl (C=O) groups excluding carboxylic acids is 3. The molecule has 2 aromatic rings. The van der Waals surface area contributed by atoms with E-state index in [1.807, 2.05) is 6.07 Å². The molecule has 12 heteroatoms. The number of nitriles is 1. The fraction of sp³-hybridized carbons (Fsp3) is 0.517. The summed E-state index contributed by atoms with van der Waals surface area (Å²) in [5.74, 6) is 0.691. The summed E-state index contributed by atoms with van der Waals surface area (Å²) in [6.07, 6.45) is 5.08. The normalized spacial score (nSPS) is 21.7. The van der Waals surface area contributed by atoms with Crippen molar-refractivity contribution in [2.24, 2.45) is 5.92 Å². The average Bonchev–Trinajstić information content (AvgIpc) is 3.68. The number of fused-ring (bicyclic) bond motifs is 1. The van der Waals surface area contributed by atoms with E-state index in [0.29, 0.717) is 81.1 Å². The van der Waals surface area contributed by atoms with Crippen LogP contribution in [0.4, 0.5) is 16.4 Å². The predicted octanol–water partition coefficient (Wildman–Crippen LogP) is 2.49. The number of likely N-dealkylation sites (N-methyl/N-ethyl adjacent to an activating group) is 1. The van der Waals surface area contributed by atoms with E-state index in [4.69, 9.17) is 14.2 Å². The first-order valence-electron chi connectivity index (χ1n) is 13.8. The van der Waals surface area contributed by atoms with Gasteiger partial charge in [0.2, 0.25) is 0 Å². The fourth-order valence-electron chi connectivity index (χ4n) is 5.66. The second-order valence-corrected chi connectivity index (χ2v) is 10.6. The Labute approximate surface area is 238 Å². The maximum atomic E-state index is 13.4. The molecule has 0 spiro atoms. The van der Waals surface area contributed by atoms with E-state index in [1.165, 1.54) is 11.1 Å². The van der Waals surface area contributed by atoms with Gasteiger partial charge in [-0.05, 0) is 55.4 Å². The number of hydrogen-bond donors (Lipinski definition) is 1. The quantitative estimate of drug-likeness (QED) is 0.479. The molecule has 2 aromatic heterocycles. The van der Waals surface area contributed by atoms with Crippen LogP contribution in [0.15, 0.2) is 18.3 Å². The van der Waals surface area contributed by atoms with Gasteiger partial charge in [0.25, 0.3) is 5.91 Å². The number of ether oxygens (including phenoxy) is 3. The summed E-state index contributed by atoms with van der Waals surface area (Å²) in [6, 6.07) is 5.31. The summed E-state index contributed by atoms with van der Waals surface area (Å²) in [6.45, 7) is 2.24. The Hall–Kier alpha value is -3.92. The van der Waals surface area contributed by atoms with Gasteiger partial charge in [-0.15, -0.1) is 0 Å². The van der Waals surface area contributed by atoms with Gasteiger partial charge in [0.05, 0.1) is 24.9 Å². The van der Waals surface area contributed by atoms with Crippen molar-refractivity contribution >= 4 is 29.9 Å². The molecule has 3 aliphatic heterocycles. The summed E-state index contributed by atoms with van der Waals surface area (Å²) in [5.41, 5.74) is 2.81. The zero-order valence-corrected chi connectivity index (χ0v) is 23.3. The maximum Gasteiger partial charge on any atom is 0.328 e. The predicted molar refractivity (Wildman–Crippen MR) is 148 cm³/mol. The lowest BCUT2D eigenvalue weighted by molar-refractivity contribution is -0.140. The van der Waals surface area contributed by atoms with Crippen LogP contribution in [0.1, 0.15) is 52.0 Å². The number of aromatic nitrogens is 2. The van der Waals surface area contributed by atoms with Crippen molar-refractivity contribution in [1.82, 2.24) is 14.9 Å². The summed E-state index contributed by atoms with van der Waals surface area (Å²) in [5, 5.41) is 12.4. The van der Waals surface area contributed by atoms with Crippen LogP contribution in [0.5, 0.6) is 0 Å². The first-order chi connectivity index (χ1) is 19.9. The second kappa shape index (κ2) is 12.7. The number of hydrogen-bond acceptors (Lipinski definition) is 9. The number of carbonyl (C=O) groups is 3. The Morgan fingerprint density at radius 1 is 1.29 bits per heavy atom. The number of amides is 3. The second-order valence-electron chi connectivity index (χ2n) is 10.6. The Morgan fingerprint density at radius 3 is 2.88 bits per heavy atom. The van der Waals surface area contributed by atoms with E-state index < -0.39 is 12.1 Å². The van der Waals surface area contributed by atoms with Crippen LogP contribution in [0.25, 0.3) is 0 Å². The fourth-order valence-corrected chi connectivity index (χ4v) is 5.66. The molecule has 12 nitrogen and oxygen atoms in total. The number of rotatable bonds is 8. The van der Waals surface area contributed by atoms with E-state index in [-0.39, 0.29) is 30.2 Å². The summed E-state index contributed by atoms with van der Waals surface area (Å²) in [7, 11) is 3.33. The molecule has 3 amide bonds. The van der Waals surface area contributed by atoms with Crippen molar-refractivity contribution in [2.45, 2.75) is 50.9 Å². The van der Waals surface area contributed by atoms with Gasteiger partial charge in [-0.3, -0.25) is 19.8 Å². The van der Waals surface area contributed by atoms with Crippen LogP contribution in [0, 0.1) is 17.2 Å². The standard InChI is InChI=1S/C29H34N6O6/c1-34(28(37)24-6-4-8-41-24)14-20-9-18-5-3-7-35(27(18)32-23(20)15-36)29(38)33-26-11-19(22(12-30)13-31-26)10-21-16-40-17-25(21)39-2/h9,11,13,15,21,24-25H,3-8,10,14,16-17H2,1-2H3,(H,31,33,38)/t21-,24-,25-/m1/s1. The minimum absolute atomic E-state index is 0.0606. The monoisotopic (exact) mass is 562 g/mol. The van der Waals surface area contributed by atoms with Crippen molar-refractivity contribution in [1.29, 1.82) is 5.26 Å². The molecule has 0 saturated carbocycles. The third kappa shape index (κ3) is 6.22. The van der Waals surface area contributed by atoms with Crippen molar-refractivity contribution in [2.75, 3.05) is 50.7 Å². The Bertz CT molecular complexity index is 1350. The highest BCUT2D eigenvalue weighted by molar-refractivity contribution is 6.01. The van der Waals surface area contributed by atoms with Gasteiger partial charge in [0.1, 0.15) is 29.5 Å². The molecule has 216 valence electrons. The number of methoxy groups -OCH3 is 1. The Kier molecular flexibility index (Phi) is 8.87. The van der Waals surface area contributed by atoms with Gasteiger partial charge in [0.15, 0.2) is 6.29 Å². The van der Waals surface area contributed by atoms with Gasteiger partial charge in [0, 0.05) is 51.5 Å². The largest absolute Gasteiger partial charge is 0.379 e. The third-order valence-electron chi connectivity index (χ3n) is 7.89. The SMILES string of the molecule is CO[C@@H]1COC[C@H]1Cc1cc(NC(=O)N2CCCc3cc(CN(C)C(=O)[C@H]4CCCO4)c(C=O)nc32)ncc1C#N. The zero-order valence-electron chi connectivity index (χ0n) is 23.3. The summed E-state index contributed by atoms with van der Waals surface area (Å²) >= 11 is 0. The Balaban J connectivity index is 1.33.